The van der Waals surface area contributed by atoms with E-state index in [4.69, 9.17) is 13.9 Å². The van der Waals surface area contributed by atoms with E-state index in [9.17, 15) is 14.4 Å². The lowest BCUT2D eigenvalue weighted by molar-refractivity contribution is 0.0733. The largest absolute Gasteiger partial charge is 0.423 e. The second-order valence-corrected chi connectivity index (χ2v) is 6.62. The van der Waals surface area contributed by atoms with Crippen LogP contribution >= 0.6 is 15.9 Å². The SMILES string of the molecule is COCCNC(=O)c1cc2ccc(OC(=O)c3ccccc3Br)cc2oc1=O. The molecule has 2 aromatic carbocycles. The standard InChI is InChI=1S/C20H16BrNO6/c1-26-9-8-22-18(23)15-10-12-6-7-13(11-17(12)28-20(15)25)27-19(24)14-4-2-3-5-16(14)21/h2-7,10-11H,8-9H2,1H3,(H,22,23). The van der Waals surface area contributed by atoms with Crippen molar-refractivity contribution < 1.29 is 23.5 Å². The van der Waals surface area contributed by atoms with Crippen molar-refractivity contribution in [3.05, 3.63) is 74.6 Å². The van der Waals surface area contributed by atoms with Crippen LogP contribution in [0.2, 0.25) is 0 Å². The van der Waals surface area contributed by atoms with Gasteiger partial charge < -0.3 is 19.2 Å². The molecule has 0 bridgehead atoms. The first-order valence-corrected chi connectivity index (χ1v) is 9.10. The van der Waals surface area contributed by atoms with E-state index in [1.807, 2.05) is 0 Å². The molecule has 0 spiro atoms. The Bertz CT molecular complexity index is 1090. The smallest absolute Gasteiger partial charge is 0.349 e. The van der Waals surface area contributed by atoms with Crippen molar-refractivity contribution in [2.75, 3.05) is 20.3 Å². The number of fused-ring (bicyclic) bond motifs is 1. The Balaban J connectivity index is 1.83. The molecule has 7 nitrogen and oxygen atoms in total. The maximum Gasteiger partial charge on any atom is 0.349 e. The molecule has 0 aliphatic carbocycles. The highest BCUT2D eigenvalue weighted by Crippen LogP contribution is 2.23. The van der Waals surface area contributed by atoms with Crippen LogP contribution in [-0.4, -0.2) is 32.1 Å². The number of hydrogen-bond donors (Lipinski definition) is 1. The van der Waals surface area contributed by atoms with E-state index >= 15 is 0 Å². The van der Waals surface area contributed by atoms with E-state index in [-0.39, 0.29) is 23.4 Å². The molecule has 0 saturated heterocycles. The molecule has 1 amide bonds. The summed E-state index contributed by atoms with van der Waals surface area (Å²) in [4.78, 5) is 36.5. The van der Waals surface area contributed by atoms with Crippen LogP contribution in [0.15, 0.2) is 62.2 Å². The van der Waals surface area contributed by atoms with Gasteiger partial charge in [-0.15, -0.1) is 0 Å². The molecule has 3 rings (SSSR count). The molecule has 1 aromatic heterocycles. The number of hydrogen-bond acceptors (Lipinski definition) is 6. The summed E-state index contributed by atoms with van der Waals surface area (Å²) in [5, 5.41) is 3.09. The maximum absolute atomic E-state index is 12.3. The third kappa shape index (κ3) is 4.47. The molecule has 0 unspecified atom stereocenters. The molecule has 0 aliphatic heterocycles. The van der Waals surface area contributed by atoms with Crippen LogP contribution in [0.25, 0.3) is 11.0 Å². The number of rotatable bonds is 6. The number of methoxy groups -OCH3 is 1. The van der Waals surface area contributed by atoms with E-state index < -0.39 is 17.5 Å². The van der Waals surface area contributed by atoms with Crippen molar-refractivity contribution in [2.24, 2.45) is 0 Å². The van der Waals surface area contributed by atoms with Gasteiger partial charge in [-0.3, -0.25) is 4.79 Å². The summed E-state index contributed by atoms with van der Waals surface area (Å²) in [7, 11) is 1.51. The highest BCUT2D eigenvalue weighted by Gasteiger charge is 2.15. The predicted octanol–water partition coefficient (Wildman–Crippen LogP) is 3.15. The van der Waals surface area contributed by atoms with Crippen molar-refractivity contribution in [1.82, 2.24) is 5.32 Å². The van der Waals surface area contributed by atoms with Crippen molar-refractivity contribution in [1.29, 1.82) is 0 Å². The van der Waals surface area contributed by atoms with Gasteiger partial charge in [-0.05, 0) is 46.3 Å². The fourth-order valence-corrected chi connectivity index (χ4v) is 2.91. The fraction of sp³-hybridized carbons (Fsp3) is 0.150. The van der Waals surface area contributed by atoms with Crippen LogP contribution in [0, 0.1) is 0 Å². The summed E-state index contributed by atoms with van der Waals surface area (Å²) in [5.41, 5.74) is -0.318. The Kier molecular flexibility index (Phi) is 6.23. The number of nitrogens with one attached hydrogen (secondary N) is 1. The first-order chi connectivity index (χ1) is 13.5. The topological polar surface area (TPSA) is 94.8 Å². The van der Waals surface area contributed by atoms with Gasteiger partial charge in [0.2, 0.25) is 0 Å². The lowest BCUT2D eigenvalue weighted by Gasteiger charge is -2.07. The summed E-state index contributed by atoms with van der Waals surface area (Å²) in [6, 6.07) is 12.9. The molecule has 144 valence electrons. The minimum atomic E-state index is -0.781. The van der Waals surface area contributed by atoms with Crippen LogP contribution in [0.5, 0.6) is 5.75 Å². The van der Waals surface area contributed by atoms with E-state index in [0.29, 0.717) is 22.0 Å². The monoisotopic (exact) mass is 445 g/mol. The molecule has 3 aromatic rings. The predicted molar refractivity (Wildman–Crippen MR) is 106 cm³/mol. The Labute approximate surface area is 168 Å². The lowest BCUT2D eigenvalue weighted by atomic mass is 10.1. The second-order valence-electron chi connectivity index (χ2n) is 5.77. The van der Waals surface area contributed by atoms with Gasteiger partial charge in [0.1, 0.15) is 16.9 Å². The van der Waals surface area contributed by atoms with Gasteiger partial charge in [0.05, 0.1) is 12.2 Å². The zero-order valence-corrected chi connectivity index (χ0v) is 16.4. The van der Waals surface area contributed by atoms with E-state index in [2.05, 4.69) is 21.2 Å². The number of ether oxygens (including phenoxy) is 2. The van der Waals surface area contributed by atoms with E-state index in [1.165, 1.54) is 19.2 Å². The summed E-state index contributed by atoms with van der Waals surface area (Å²) in [6.07, 6.45) is 0. The molecular weight excluding hydrogens is 430 g/mol. The quantitative estimate of drug-likeness (QED) is 0.271. The average Bonchev–Trinajstić information content (AvgIpc) is 2.67. The molecule has 0 saturated carbocycles. The van der Waals surface area contributed by atoms with Gasteiger partial charge in [-0.2, -0.15) is 0 Å². The minimum Gasteiger partial charge on any atom is -0.423 e. The number of benzene rings is 2. The maximum atomic E-state index is 12.3. The van der Waals surface area contributed by atoms with Crippen LogP contribution in [0.3, 0.4) is 0 Å². The Hall–Kier alpha value is -2.97. The molecule has 0 radical (unpaired) electrons. The molecule has 8 heteroatoms. The number of halogens is 1. The second kappa shape index (κ2) is 8.81. The summed E-state index contributed by atoms with van der Waals surface area (Å²) >= 11 is 3.30. The van der Waals surface area contributed by atoms with Crippen LogP contribution in [-0.2, 0) is 4.74 Å². The Morgan fingerprint density at radius 1 is 1.11 bits per heavy atom. The summed E-state index contributed by atoms with van der Waals surface area (Å²) in [5.74, 6) is -0.880. The molecule has 1 N–H and O–H groups in total. The van der Waals surface area contributed by atoms with Gasteiger partial charge in [-0.25, -0.2) is 9.59 Å². The molecule has 1 heterocycles. The Morgan fingerprint density at radius 3 is 2.64 bits per heavy atom. The molecule has 28 heavy (non-hydrogen) atoms. The first-order valence-electron chi connectivity index (χ1n) is 8.31. The van der Waals surface area contributed by atoms with E-state index in [1.54, 1.807) is 36.4 Å². The van der Waals surface area contributed by atoms with Crippen LogP contribution < -0.4 is 15.7 Å². The molecule has 0 fully saturated rings. The van der Waals surface area contributed by atoms with Gasteiger partial charge in [0, 0.05) is 29.6 Å². The van der Waals surface area contributed by atoms with Crippen molar-refractivity contribution in [3.63, 3.8) is 0 Å². The average molecular weight is 446 g/mol. The number of amides is 1. The Morgan fingerprint density at radius 2 is 1.89 bits per heavy atom. The fourth-order valence-electron chi connectivity index (χ4n) is 2.46. The van der Waals surface area contributed by atoms with Crippen molar-refractivity contribution in [2.45, 2.75) is 0 Å². The third-order valence-electron chi connectivity index (χ3n) is 3.85. The van der Waals surface area contributed by atoms with E-state index in [0.717, 1.165) is 0 Å². The summed E-state index contributed by atoms with van der Waals surface area (Å²) in [6.45, 7) is 0.605. The lowest BCUT2D eigenvalue weighted by Crippen LogP contribution is -2.30. The van der Waals surface area contributed by atoms with Gasteiger partial charge in [-0.1, -0.05) is 12.1 Å². The van der Waals surface area contributed by atoms with Crippen molar-refractivity contribution in [3.8, 4) is 5.75 Å². The molecule has 0 aliphatic rings. The normalized spacial score (nSPS) is 10.6. The number of carbonyl (C=O) groups excluding carboxylic acids is 2. The zero-order valence-electron chi connectivity index (χ0n) is 14.9. The zero-order chi connectivity index (χ0) is 20.1. The highest BCUT2D eigenvalue weighted by molar-refractivity contribution is 9.10. The van der Waals surface area contributed by atoms with Crippen molar-refractivity contribution >= 4 is 38.8 Å². The number of carbonyl (C=O) groups is 2. The van der Waals surface area contributed by atoms with Gasteiger partial charge >= 0.3 is 11.6 Å². The van der Waals surface area contributed by atoms with Gasteiger partial charge in [0.25, 0.3) is 5.91 Å². The molecule has 0 atom stereocenters. The highest BCUT2D eigenvalue weighted by atomic mass is 79.9. The van der Waals surface area contributed by atoms with Gasteiger partial charge in [0.15, 0.2) is 0 Å². The van der Waals surface area contributed by atoms with Crippen LogP contribution in [0.4, 0.5) is 0 Å². The summed E-state index contributed by atoms with van der Waals surface area (Å²) < 4.78 is 16.0. The minimum absolute atomic E-state index is 0.110. The number of esters is 1. The van der Waals surface area contributed by atoms with Crippen LogP contribution in [0.1, 0.15) is 20.7 Å². The third-order valence-corrected chi connectivity index (χ3v) is 4.54. The molecular formula is C20H16BrNO6. The first kappa shape index (κ1) is 19.8.